The lowest BCUT2D eigenvalue weighted by atomic mass is 9.88. The first-order valence-electron chi connectivity index (χ1n) is 10.5. The Labute approximate surface area is 171 Å². The Bertz CT molecular complexity index is 718. The fraction of sp³-hybridized carbons (Fsp3) is 0.667. The molecule has 3 rings (SSSR count). The maximum Gasteiger partial charge on any atom is 0.275 e. The van der Waals surface area contributed by atoms with Gasteiger partial charge in [-0.3, -0.25) is 9.59 Å². The molecule has 1 heterocycles. The van der Waals surface area contributed by atoms with Crippen molar-refractivity contribution < 1.29 is 4.79 Å². The van der Waals surface area contributed by atoms with E-state index in [0.717, 1.165) is 25.7 Å². The largest absolute Gasteiger partial charge is 0.385 e. The number of carbonyl (C=O) groups is 1. The van der Waals surface area contributed by atoms with Crippen LogP contribution in [0.1, 0.15) is 64.2 Å². The predicted octanol–water partition coefficient (Wildman–Crippen LogP) is 3.60. The van der Waals surface area contributed by atoms with Gasteiger partial charge in [0.05, 0.1) is 5.75 Å². The third kappa shape index (κ3) is 5.19. The van der Waals surface area contributed by atoms with Gasteiger partial charge in [0.25, 0.3) is 5.56 Å². The van der Waals surface area contributed by atoms with Gasteiger partial charge in [0.2, 0.25) is 5.91 Å². The van der Waals surface area contributed by atoms with E-state index >= 15 is 0 Å². The Morgan fingerprint density at radius 1 is 1.18 bits per heavy atom. The molecule has 2 saturated carbocycles. The minimum atomic E-state index is -0.371. The minimum Gasteiger partial charge on any atom is -0.385 e. The number of allylic oxidation sites excluding steroid dienone is 1. The van der Waals surface area contributed by atoms with Crippen LogP contribution in [0.15, 0.2) is 28.7 Å². The molecule has 2 aliphatic carbocycles. The summed E-state index contributed by atoms with van der Waals surface area (Å²) in [4.78, 5) is 31.4. The highest BCUT2D eigenvalue weighted by Crippen LogP contribution is 2.31. The lowest BCUT2D eigenvalue weighted by Crippen LogP contribution is -2.49. The summed E-state index contributed by atoms with van der Waals surface area (Å²) in [5.74, 6) is 0.817. The number of hydrogen-bond donors (Lipinski definition) is 1. The first-order valence-corrected chi connectivity index (χ1v) is 11.5. The monoisotopic (exact) mass is 404 g/mol. The fourth-order valence-electron chi connectivity index (χ4n) is 4.55. The molecular weight excluding hydrogens is 372 g/mol. The summed E-state index contributed by atoms with van der Waals surface area (Å²) in [7, 11) is 0. The molecule has 1 amide bonds. The molecule has 0 spiro atoms. The summed E-state index contributed by atoms with van der Waals surface area (Å²) in [6.07, 6.45) is 13.6. The molecule has 0 saturated heterocycles. The number of thioether (sulfide) groups is 1. The lowest BCUT2D eigenvalue weighted by Gasteiger charge is -2.41. The molecular formula is C21H32N4O2S. The van der Waals surface area contributed by atoms with Crippen molar-refractivity contribution in [2.45, 2.75) is 88.0 Å². The van der Waals surface area contributed by atoms with Crippen molar-refractivity contribution >= 4 is 23.5 Å². The Morgan fingerprint density at radius 3 is 2.29 bits per heavy atom. The zero-order valence-corrected chi connectivity index (χ0v) is 17.5. The van der Waals surface area contributed by atoms with E-state index in [0.29, 0.717) is 35.4 Å². The number of carbonyl (C=O) groups excluding carboxylic acids is 1. The number of nitrogen functional groups attached to an aromatic ring is 1. The van der Waals surface area contributed by atoms with E-state index in [1.54, 1.807) is 10.6 Å². The van der Waals surface area contributed by atoms with Crippen molar-refractivity contribution in [3.63, 3.8) is 0 Å². The topological polar surface area (TPSA) is 81.2 Å². The van der Waals surface area contributed by atoms with Gasteiger partial charge in [0.15, 0.2) is 5.16 Å². The van der Waals surface area contributed by atoms with Crippen LogP contribution in [0.3, 0.4) is 0 Å². The highest BCUT2D eigenvalue weighted by atomic mass is 32.2. The molecule has 154 valence electrons. The van der Waals surface area contributed by atoms with Crippen molar-refractivity contribution in [1.29, 1.82) is 0 Å². The number of anilines is 1. The van der Waals surface area contributed by atoms with Crippen molar-refractivity contribution in [3.05, 3.63) is 29.1 Å². The first-order chi connectivity index (χ1) is 13.6. The number of nitrogens with two attached hydrogens (primary N) is 1. The highest BCUT2D eigenvalue weighted by molar-refractivity contribution is 7.99. The zero-order valence-electron chi connectivity index (χ0n) is 16.6. The maximum atomic E-state index is 13.3. The summed E-state index contributed by atoms with van der Waals surface area (Å²) >= 11 is 1.31. The van der Waals surface area contributed by atoms with E-state index in [4.69, 9.17) is 5.73 Å². The third-order valence-corrected chi connectivity index (χ3v) is 6.84. The van der Waals surface area contributed by atoms with E-state index in [9.17, 15) is 9.59 Å². The van der Waals surface area contributed by atoms with Gasteiger partial charge in [-0.2, -0.15) is 4.98 Å². The summed E-state index contributed by atoms with van der Waals surface area (Å²) in [6, 6.07) is 2.05. The number of nitrogens with zero attached hydrogens (tertiary/aromatic N) is 3. The van der Waals surface area contributed by atoms with Crippen molar-refractivity contribution in [2.24, 2.45) is 0 Å². The van der Waals surface area contributed by atoms with Gasteiger partial charge in [-0.05, 0) is 25.7 Å². The lowest BCUT2D eigenvalue weighted by molar-refractivity contribution is -0.135. The van der Waals surface area contributed by atoms with Gasteiger partial charge >= 0.3 is 0 Å². The molecule has 0 radical (unpaired) electrons. The zero-order chi connectivity index (χ0) is 19.9. The van der Waals surface area contributed by atoms with Crippen LogP contribution in [0.2, 0.25) is 0 Å². The number of hydrogen-bond acceptors (Lipinski definition) is 5. The normalized spacial score (nSPS) is 18.7. The van der Waals surface area contributed by atoms with E-state index < -0.39 is 0 Å². The SMILES string of the molecule is C=CCn1c(N)cc(=O)nc1SCC(=O)N(C1CCCCC1)C1CCCCC1. The molecule has 0 atom stereocenters. The predicted molar refractivity (Wildman–Crippen MR) is 114 cm³/mol. The Balaban J connectivity index is 1.74. The van der Waals surface area contributed by atoms with E-state index in [2.05, 4.69) is 16.5 Å². The van der Waals surface area contributed by atoms with E-state index in [-0.39, 0.29) is 11.5 Å². The quantitative estimate of drug-likeness (QED) is 0.427. The third-order valence-electron chi connectivity index (χ3n) is 5.88. The number of aromatic nitrogens is 2. The Morgan fingerprint density at radius 2 is 1.75 bits per heavy atom. The fourth-order valence-corrected chi connectivity index (χ4v) is 5.44. The second-order valence-corrected chi connectivity index (χ2v) is 8.82. The molecule has 2 fully saturated rings. The number of rotatable bonds is 7. The van der Waals surface area contributed by atoms with Crippen LogP contribution in [-0.4, -0.2) is 38.2 Å². The minimum absolute atomic E-state index is 0.172. The summed E-state index contributed by atoms with van der Waals surface area (Å²) in [6.45, 7) is 4.20. The molecule has 0 aromatic carbocycles. The molecule has 0 aliphatic heterocycles. The molecule has 1 aromatic rings. The van der Waals surface area contributed by atoms with E-state index in [1.165, 1.54) is 56.4 Å². The molecule has 2 aliphatic rings. The van der Waals surface area contributed by atoms with Crippen LogP contribution in [0.4, 0.5) is 5.82 Å². The van der Waals surface area contributed by atoms with Crippen molar-refractivity contribution in [2.75, 3.05) is 11.5 Å². The molecule has 2 N–H and O–H groups in total. The maximum absolute atomic E-state index is 13.3. The van der Waals surface area contributed by atoms with Crippen LogP contribution in [-0.2, 0) is 11.3 Å². The standard InChI is InChI=1S/C21H32N4O2S/c1-2-13-24-18(22)14-19(26)23-21(24)28-15-20(27)25(16-9-5-3-6-10-16)17-11-7-4-8-12-17/h2,14,16-17H,1,3-13,15,22H2. The molecule has 1 aromatic heterocycles. The average Bonchev–Trinajstić information content (AvgIpc) is 2.70. The van der Waals surface area contributed by atoms with E-state index in [1.807, 2.05) is 0 Å². The van der Waals surface area contributed by atoms with Crippen LogP contribution < -0.4 is 11.3 Å². The van der Waals surface area contributed by atoms with Gasteiger partial charge in [-0.15, -0.1) is 6.58 Å². The second-order valence-electron chi connectivity index (χ2n) is 7.87. The Kier molecular flexibility index (Phi) is 7.59. The first kappa shape index (κ1) is 21.0. The van der Waals surface area contributed by atoms with Crippen molar-refractivity contribution in [1.82, 2.24) is 14.5 Å². The molecule has 28 heavy (non-hydrogen) atoms. The smallest absolute Gasteiger partial charge is 0.275 e. The summed E-state index contributed by atoms with van der Waals surface area (Å²) < 4.78 is 1.73. The Hall–Kier alpha value is -1.76. The molecule has 7 heteroatoms. The van der Waals surface area contributed by atoms with Gasteiger partial charge in [-0.25, -0.2) is 0 Å². The summed E-state index contributed by atoms with van der Waals surface area (Å²) in [5.41, 5.74) is 5.60. The van der Waals surface area contributed by atoms with Gasteiger partial charge < -0.3 is 15.2 Å². The van der Waals surface area contributed by atoms with Gasteiger partial charge in [0.1, 0.15) is 5.82 Å². The second kappa shape index (κ2) is 10.1. The van der Waals surface area contributed by atoms with Crippen LogP contribution in [0, 0.1) is 0 Å². The number of amides is 1. The summed E-state index contributed by atoms with van der Waals surface area (Å²) in [5, 5.41) is 0.491. The van der Waals surface area contributed by atoms with Gasteiger partial charge in [0, 0.05) is 24.7 Å². The van der Waals surface area contributed by atoms with Crippen molar-refractivity contribution in [3.8, 4) is 0 Å². The molecule has 6 nitrogen and oxygen atoms in total. The van der Waals surface area contributed by atoms with Crippen LogP contribution >= 0.6 is 11.8 Å². The average molecular weight is 405 g/mol. The molecule has 0 bridgehead atoms. The van der Waals surface area contributed by atoms with Crippen LogP contribution in [0.25, 0.3) is 0 Å². The van der Waals surface area contributed by atoms with Crippen LogP contribution in [0.5, 0.6) is 0 Å². The molecule has 0 unspecified atom stereocenters. The highest BCUT2D eigenvalue weighted by Gasteiger charge is 2.32. The van der Waals surface area contributed by atoms with Gasteiger partial charge in [-0.1, -0.05) is 56.4 Å².